The molecule has 0 saturated heterocycles. The van der Waals surface area contributed by atoms with Gasteiger partial charge in [0.25, 0.3) is 11.8 Å². The van der Waals surface area contributed by atoms with Gasteiger partial charge in [0.05, 0.1) is 33.7 Å². The summed E-state index contributed by atoms with van der Waals surface area (Å²) in [6, 6.07) is 10.2. The fraction of sp³-hybridized carbons (Fsp3) is 0.238. The van der Waals surface area contributed by atoms with E-state index in [-0.39, 0.29) is 34.1 Å². The zero-order chi connectivity index (χ0) is 21.3. The number of nitriles is 1. The van der Waals surface area contributed by atoms with Gasteiger partial charge in [0.2, 0.25) is 5.91 Å². The minimum atomic E-state index is -0.600. The maximum absolute atomic E-state index is 13.0. The molecule has 0 bridgehead atoms. The number of nitrogens with zero attached hydrogens (tertiary/aromatic N) is 3. The molecule has 2 aromatic carbocycles. The third-order valence-electron chi connectivity index (χ3n) is 4.86. The van der Waals surface area contributed by atoms with Gasteiger partial charge in [-0.05, 0) is 49.2 Å². The molecule has 0 saturated carbocycles. The van der Waals surface area contributed by atoms with Crippen LogP contribution in [-0.2, 0) is 4.79 Å². The van der Waals surface area contributed by atoms with Crippen molar-refractivity contribution in [1.82, 2.24) is 4.90 Å². The van der Waals surface area contributed by atoms with Gasteiger partial charge >= 0.3 is 0 Å². The number of rotatable bonds is 5. The Kier molecular flexibility index (Phi) is 5.92. The van der Waals surface area contributed by atoms with Crippen molar-refractivity contribution in [1.29, 1.82) is 5.26 Å². The van der Waals surface area contributed by atoms with Crippen molar-refractivity contribution < 1.29 is 14.4 Å². The lowest BCUT2D eigenvalue weighted by Gasteiger charge is -2.25. The molecule has 0 unspecified atom stereocenters. The SMILES string of the molecule is Cc1ccc(N(CCC#N)C(=O)CN2C(=O)c3cc(Cl)c(Cl)cc3C2=O)cc1C. The van der Waals surface area contributed by atoms with Gasteiger partial charge in [-0.25, -0.2) is 0 Å². The molecule has 2 aromatic rings. The number of hydrogen-bond acceptors (Lipinski definition) is 4. The van der Waals surface area contributed by atoms with Crippen LogP contribution in [0.5, 0.6) is 0 Å². The summed E-state index contributed by atoms with van der Waals surface area (Å²) in [5, 5.41) is 9.27. The monoisotopic (exact) mass is 429 g/mol. The van der Waals surface area contributed by atoms with Gasteiger partial charge < -0.3 is 4.90 Å². The second kappa shape index (κ2) is 8.24. The summed E-state index contributed by atoms with van der Waals surface area (Å²) in [5.41, 5.74) is 2.90. The molecule has 3 amide bonds. The molecule has 6 nitrogen and oxygen atoms in total. The number of imide groups is 1. The topological polar surface area (TPSA) is 81.5 Å². The van der Waals surface area contributed by atoms with Gasteiger partial charge in [0, 0.05) is 12.2 Å². The predicted molar refractivity (Wildman–Crippen MR) is 110 cm³/mol. The lowest BCUT2D eigenvalue weighted by atomic mass is 10.1. The van der Waals surface area contributed by atoms with Gasteiger partial charge in [-0.3, -0.25) is 19.3 Å². The van der Waals surface area contributed by atoms with E-state index in [4.69, 9.17) is 28.5 Å². The van der Waals surface area contributed by atoms with E-state index in [1.807, 2.05) is 32.0 Å². The highest BCUT2D eigenvalue weighted by atomic mass is 35.5. The number of amides is 3. The van der Waals surface area contributed by atoms with Crippen LogP contribution in [0, 0.1) is 25.2 Å². The highest BCUT2D eigenvalue weighted by molar-refractivity contribution is 6.43. The molecule has 0 aliphatic carbocycles. The van der Waals surface area contributed by atoms with E-state index in [0.29, 0.717) is 5.69 Å². The lowest BCUT2D eigenvalue weighted by Crippen LogP contribution is -2.43. The average molecular weight is 430 g/mol. The first kappa shape index (κ1) is 20.8. The Morgan fingerprint density at radius 2 is 1.62 bits per heavy atom. The van der Waals surface area contributed by atoms with Crippen LogP contribution in [0.3, 0.4) is 0 Å². The number of benzene rings is 2. The predicted octanol–water partition coefficient (Wildman–Crippen LogP) is 4.15. The zero-order valence-electron chi connectivity index (χ0n) is 15.8. The Morgan fingerprint density at radius 3 is 2.14 bits per heavy atom. The molecule has 0 N–H and O–H groups in total. The second-order valence-corrected chi connectivity index (χ2v) is 7.54. The molecule has 3 rings (SSSR count). The number of fused-ring (bicyclic) bond motifs is 1. The molecule has 0 aromatic heterocycles. The number of carbonyl (C=O) groups is 3. The van der Waals surface area contributed by atoms with E-state index in [1.165, 1.54) is 17.0 Å². The van der Waals surface area contributed by atoms with Crippen molar-refractivity contribution in [3.05, 3.63) is 62.6 Å². The van der Waals surface area contributed by atoms with E-state index < -0.39 is 24.3 Å². The lowest BCUT2D eigenvalue weighted by molar-refractivity contribution is -0.118. The number of hydrogen-bond donors (Lipinski definition) is 0. The largest absolute Gasteiger partial charge is 0.310 e. The number of aryl methyl sites for hydroxylation is 2. The van der Waals surface area contributed by atoms with Crippen LogP contribution in [0.1, 0.15) is 38.3 Å². The molecule has 0 fully saturated rings. The molecule has 29 heavy (non-hydrogen) atoms. The minimum Gasteiger partial charge on any atom is -0.310 e. The molecule has 0 spiro atoms. The summed E-state index contributed by atoms with van der Waals surface area (Å²) in [6.07, 6.45) is 0.117. The smallest absolute Gasteiger partial charge is 0.262 e. The third kappa shape index (κ3) is 3.98. The molecule has 0 atom stereocenters. The fourth-order valence-corrected chi connectivity index (χ4v) is 3.43. The molecule has 8 heteroatoms. The van der Waals surface area contributed by atoms with Gasteiger partial charge in [-0.15, -0.1) is 0 Å². The molecular weight excluding hydrogens is 413 g/mol. The Morgan fingerprint density at radius 1 is 1.03 bits per heavy atom. The van der Waals surface area contributed by atoms with Gasteiger partial charge in [0.15, 0.2) is 0 Å². The first-order chi connectivity index (χ1) is 13.7. The Balaban J connectivity index is 1.88. The van der Waals surface area contributed by atoms with Crippen molar-refractivity contribution >= 4 is 46.6 Å². The minimum absolute atomic E-state index is 0.117. The van der Waals surface area contributed by atoms with Crippen LogP contribution in [0.4, 0.5) is 5.69 Å². The standard InChI is InChI=1S/C21H17Cl2N3O3/c1-12-4-5-14(8-13(12)2)25(7-3-6-24)19(27)11-26-20(28)15-9-17(22)18(23)10-16(15)21(26)29/h4-5,8-10H,3,7,11H2,1-2H3. The summed E-state index contributed by atoms with van der Waals surface area (Å²) < 4.78 is 0. The van der Waals surface area contributed by atoms with Crippen LogP contribution in [0.2, 0.25) is 10.0 Å². The maximum Gasteiger partial charge on any atom is 0.262 e. The number of carbonyl (C=O) groups excluding carboxylic acids is 3. The summed E-state index contributed by atoms with van der Waals surface area (Å²) in [5.74, 6) is -1.66. The normalized spacial score (nSPS) is 12.7. The molecule has 1 aliphatic heterocycles. The summed E-state index contributed by atoms with van der Waals surface area (Å²) in [6.45, 7) is 3.58. The Labute approximate surface area is 178 Å². The van der Waals surface area contributed by atoms with Gasteiger partial charge in [0.1, 0.15) is 6.54 Å². The summed E-state index contributed by atoms with van der Waals surface area (Å²) in [4.78, 5) is 40.6. The maximum atomic E-state index is 13.0. The van der Waals surface area contributed by atoms with E-state index >= 15 is 0 Å². The third-order valence-corrected chi connectivity index (χ3v) is 5.58. The zero-order valence-corrected chi connectivity index (χ0v) is 17.3. The van der Waals surface area contributed by atoms with Crippen LogP contribution >= 0.6 is 23.2 Å². The molecular formula is C21H17Cl2N3O3. The van der Waals surface area contributed by atoms with E-state index in [1.54, 1.807) is 6.07 Å². The molecule has 1 aliphatic rings. The highest BCUT2D eigenvalue weighted by Gasteiger charge is 2.38. The fourth-order valence-electron chi connectivity index (χ4n) is 3.10. The molecule has 148 valence electrons. The second-order valence-electron chi connectivity index (χ2n) is 6.73. The highest BCUT2D eigenvalue weighted by Crippen LogP contribution is 2.31. The van der Waals surface area contributed by atoms with Crippen molar-refractivity contribution in [2.45, 2.75) is 20.3 Å². The van der Waals surface area contributed by atoms with E-state index in [0.717, 1.165) is 16.0 Å². The Bertz CT molecular complexity index is 1030. The van der Waals surface area contributed by atoms with Crippen molar-refractivity contribution in [3.8, 4) is 6.07 Å². The van der Waals surface area contributed by atoms with Crippen molar-refractivity contribution in [2.24, 2.45) is 0 Å². The van der Waals surface area contributed by atoms with Crippen LogP contribution in [0.25, 0.3) is 0 Å². The van der Waals surface area contributed by atoms with Crippen LogP contribution < -0.4 is 4.90 Å². The van der Waals surface area contributed by atoms with Crippen molar-refractivity contribution in [3.63, 3.8) is 0 Å². The van der Waals surface area contributed by atoms with Crippen molar-refractivity contribution in [2.75, 3.05) is 18.0 Å². The average Bonchev–Trinajstić information content (AvgIpc) is 2.90. The van der Waals surface area contributed by atoms with Gasteiger partial charge in [-0.1, -0.05) is 29.3 Å². The van der Waals surface area contributed by atoms with Crippen LogP contribution in [-0.4, -0.2) is 35.7 Å². The summed E-state index contributed by atoms with van der Waals surface area (Å²) in [7, 11) is 0. The first-order valence-corrected chi connectivity index (χ1v) is 9.60. The molecule has 1 heterocycles. The summed E-state index contributed by atoms with van der Waals surface area (Å²) >= 11 is 11.9. The van der Waals surface area contributed by atoms with E-state index in [9.17, 15) is 14.4 Å². The number of halogens is 2. The Hall–Kier alpha value is -2.88. The number of anilines is 1. The quantitative estimate of drug-likeness (QED) is 0.668. The van der Waals surface area contributed by atoms with E-state index in [2.05, 4.69) is 0 Å². The van der Waals surface area contributed by atoms with Crippen LogP contribution in [0.15, 0.2) is 30.3 Å². The first-order valence-electron chi connectivity index (χ1n) is 8.84. The molecule has 0 radical (unpaired) electrons. The van der Waals surface area contributed by atoms with Gasteiger partial charge in [-0.2, -0.15) is 5.26 Å².